The fourth-order valence-corrected chi connectivity index (χ4v) is 4.03. The zero-order valence-electron chi connectivity index (χ0n) is 12.8. The van der Waals surface area contributed by atoms with Crippen LogP contribution in [0.3, 0.4) is 0 Å². The van der Waals surface area contributed by atoms with Crippen molar-refractivity contribution >= 4 is 5.91 Å². The second kappa shape index (κ2) is 5.82. The molecule has 1 amide bonds. The number of carbonyl (C=O) groups excluding carboxylic acids is 1. The van der Waals surface area contributed by atoms with Crippen molar-refractivity contribution in [3.05, 3.63) is 0 Å². The van der Waals surface area contributed by atoms with Gasteiger partial charge in [-0.25, -0.2) is 0 Å². The van der Waals surface area contributed by atoms with E-state index in [-0.39, 0.29) is 5.41 Å². The Kier molecular flexibility index (Phi) is 4.54. The van der Waals surface area contributed by atoms with Gasteiger partial charge >= 0.3 is 0 Å². The molecule has 1 saturated heterocycles. The van der Waals surface area contributed by atoms with Gasteiger partial charge in [-0.2, -0.15) is 0 Å². The van der Waals surface area contributed by atoms with Crippen molar-refractivity contribution in [1.29, 1.82) is 0 Å². The topological polar surface area (TPSA) is 46.3 Å². The minimum absolute atomic E-state index is 0.211. The molecule has 2 fully saturated rings. The van der Waals surface area contributed by atoms with Crippen LogP contribution in [0.15, 0.2) is 0 Å². The Morgan fingerprint density at radius 3 is 2.53 bits per heavy atom. The van der Waals surface area contributed by atoms with E-state index < -0.39 is 0 Å². The fraction of sp³-hybridized carbons (Fsp3) is 0.938. The molecule has 0 spiro atoms. The van der Waals surface area contributed by atoms with Gasteiger partial charge in [0.1, 0.15) is 0 Å². The molecule has 0 radical (unpaired) electrons. The van der Waals surface area contributed by atoms with Gasteiger partial charge < -0.3 is 10.6 Å². The van der Waals surface area contributed by atoms with Crippen LogP contribution >= 0.6 is 0 Å². The summed E-state index contributed by atoms with van der Waals surface area (Å²) in [5.74, 6) is 2.54. The molecule has 0 aromatic heterocycles. The summed E-state index contributed by atoms with van der Waals surface area (Å²) in [6.45, 7) is 9.24. The van der Waals surface area contributed by atoms with Crippen LogP contribution in [-0.4, -0.2) is 30.4 Å². The zero-order chi connectivity index (χ0) is 14.0. The molecular weight excluding hydrogens is 236 g/mol. The maximum Gasteiger partial charge on any atom is 0.230 e. The highest BCUT2D eigenvalue weighted by atomic mass is 16.2. The molecule has 3 heteroatoms. The molecular formula is C16H30N2O. The normalized spacial score (nSPS) is 35.9. The molecule has 1 unspecified atom stereocenters. The van der Waals surface area contributed by atoms with Crippen LogP contribution in [0.2, 0.25) is 0 Å². The first-order valence-electron chi connectivity index (χ1n) is 7.98. The molecule has 1 aliphatic heterocycles. The second-order valence-corrected chi connectivity index (χ2v) is 7.23. The lowest BCUT2D eigenvalue weighted by Gasteiger charge is -2.46. The number of hydrogen-bond donors (Lipinski definition) is 1. The molecule has 19 heavy (non-hydrogen) atoms. The van der Waals surface area contributed by atoms with E-state index in [1.807, 2.05) is 0 Å². The van der Waals surface area contributed by atoms with Gasteiger partial charge in [0, 0.05) is 19.6 Å². The van der Waals surface area contributed by atoms with Crippen molar-refractivity contribution in [2.75, 3.05) is 19.6 Å². The van der Waals surface area contributed by atoms with Gasteiger partial charge in [0.05, 0.1) is 5.41 Å². The highest BCUT2D eigenvalue weighted by molar-refractivity contribution is 5.84. The molecule has 2 aliphatic rings. The van der Waals surface area contributed by atoms with E-state index in [0.717, 1.165) is 44.2 Å². The van der Waals surface area contributed by atoms with Crippen molar-refractivity contribution in [3.8, 4) is 0 Å². The Hall–Kier alpha value is -0.570. The first kappa shape index (κ1) is 14.8. The molecule has 2 N–H and O–H groups in total. The van der Waals surface area contributed by atoms with Crippen molar-refractivity contribution in [2.24, 2.45) is 28.9 Å². The van der Waals surface area contributed by atoms with E-state index >= 15 is 0 Å². The molecule has 0 aromatic rings. The third-order valence-corrected chi connectivity index (χ3v) is 5.33. The summed E-state index contributed by atoms with van der Waals surface area (Å²) in [5, 5.41) is 0. The summed E-state index contributed by atoms with van der Waals surface area (Å²) in [7, 11) is 0. The molecule has 0 bridgehead atoms. The summed E-state index contributed by atoms with van der Waals surface area (Å²) in [5.41, 5.74) is 5.69. The van der Waals surface area contributed by atoms with E-state index in [0.29, 0.717) is 18.4 Å². The van der Waals surface area contributed by atoms with Crippen LogP contribution in [0.1, 0.15) is 52.9 Å². The van der Waals surface area contributed by atoms with Crippen LogP contribution in [0.5, 0.6) is 0 Å². The number of likely N-dealkylation sites (tertiary alicyclic amines) is 1. The van der Waals surface area contributed by atoms with E-state index in [2.05, 4.69) is 25.7 Å². The van der Waals surface area contributed by atoms with Crippen molar-refractivity contribution in [3.63, 3.8) is 0 Å². The van der Waals surface area contributed by atoms with Crippen LogP contribution in [0, 0.1) is 23.2 Å². The summed E-state index contributed by atoms with van der Waals surface area (Å²) in [6.07, 6.45) is 5.58. The predicted octanol–water partition coefficient (Wildman–Crippen LogP) is 2.65. The van der Waals surface area contributed by atoms with Gasteiger partial charge in [0.15, 0.2) is 0 Å². The smallest absolute Gasteiger partial charge is 0.230 e. The average Bonchev–Trinajstić information content (AvgIpc) is 2.59. The standard InChI is InChI=1S/C16H30N2O/c1-12(2)14-5-4-7-18(8-6-14)15(19)16(11-17)9-13(3)10-16/h12-14H,4-11,17H2,1-3H3. The quantitative estimate of drug-likeness (QED) is 0.853. The fourth-order valence-electron chi connectivity index (χ4n) is 4.03. The third-order valence-electron chi connectivity index (χ3n) is 5.33. The lowest BCUT2D eigenvalue weighted by atomic mass is 9.62. The highest BCUT2D eigenvalue weighted by Gasteiger charge is 2.49. The van der Waals surface area contributed by atoms with Gasteiger partial charge in [0.25, 0.3) is 0 Å². The summed E-state index contributed by atoms with van der Waals surface area (Å²) >= 11 is 0. The first-order valence-corrected chi connectivity index (χ1v) is 7.98. The minimum atomic E-state index is -0.211. The van der Waals surface area contributed by atoms with Crippen molar-refractivity contribution < 1.29 is 4.79 Å². The molecule has 1 heterocycles. The van der Waals surface area contributed by atoms with E-state index in [1.165, 1.54) is 12.8 Å². The number of nitrogens with zero attached hydrogens (tertiary/aromatic N) is 1. The van der Waals surface area contributed by atoms with Gasteiger partial charge in [-0.1, -0.05) is 20.8 Å². The van der Waals surface area contributed by atoms with E-state index in [1.54, 1.807) is 0 Å². The van der Waals surface area contributed by atoms with Crippen LogP contribution in [-0.2, 0) is 4.79 Å². The second-order valence-electron chi connectivity index (χ2n) is 7.23. The summed E-state index contributed by atoms with van der Waals surface area (Å²) in [4.78, 5) is 14.9. The van der Waals surface area contributed by atoms with Crippen molar-refractivity contribution in [2.45, 2.75) is 52.9 Å². The number of carbonyl (C=O) groups is 1. The Morgan fingerprint density at radius 1 is 1.32 bits per heavy atom. The number of rotatable bonds is 3. The summed E-state index contributed by atoms with van der Waals surface area (Å²) < 4.78 is 0. The Labute approximate surface area is 117 Å². The maximum absolute atomic E-state index is 12.8. The molecule has 1 atom stereocenters. The molecule has 2 rings (SSSR count). The number of amides is 1. The van der Waals surface area contributed by atoms with Crippen LogP contribution < -0.4 is 5.73 Å². The molecule has 0 aromatic carbocycles. The van der Waals surface area contributed by atoms with Gasteiger partial charge in [-0.05, 0) is 49.9 Å². The molecule has 1 aliphatic carbocycles. The number of nitrogens with two attached hydrogens (primary N) is 1. The monoisotopic (exact) mass is 266 g/mol. The average molecular weight is 266 g/mol. The van der Waals surface area contributed by atoms with Crippen molar-refractivity contribution in [1.82, 2.24) is 4.90 Å². The predicted molar refractivity (Wildman–Crippen MR) is 78.6 cm³/mol. The molecule has 3 nitrogen and oxygen atoms in total. The minimum Gasteiger partial charge on any atom is -0.342 e. The van der Waals surface area contributed by atoms with E-state index in [4.69, 9.17) is 5.73 Å². The Balaban J connectivity index is 1.96. The zero-order valence-corrected chi connectivity index (χ0v) is 12.8. The Morgan fingerprint density at radius 2 is 2.00 bits per heavy atom. The molecule has 110 valence electrons. The number of hydrogen-bond acceptors (Lipinski definition) is 2. The Bertz CT molecular complexity index is 321. The first-order chi connectivity index (χ1) is 8.98. The lowest BCUT2D eigenvalue weighted by Crippen LogP contribution is -2.54. The largest absolute Gasteiger partial charge is 0.342 e. The van der Waals surface area contributed by atoms with Gasteiger partial charge in [-0.15, -0.1) is 0 Å². The van der Waals surface area contributed by atoms with Crippen LogP contribution in [0.4, 0.5) is 0 Å². The maximum atomic E-state index is 12.8. The van der Waals surface area contributed by atoms with Gasteiger partial charge in [0.2, 0.25) is 5.91 Å². The highest BCUT2D eigenvalue weighted by Crippen LogP contribution is 2.46. The molecule has 1 saturated carbocycles. The van der Waals surface area contributed by atoms with Gasteiger partial charge in [-0.3, -0.25) is 4.79 Å². The van der Waals surface area contributed by atoms with Crippen LogP contribution in [0.25, 0.3) is 0 Å². The lowest BCUT2D eigenvalue weighted by molar-refractivity contribution is -0.149. The SMILES string of the molecule is CC1CC(CN)(C(=O)N2CCCC(C(C)C)CC2)C1. The summed E-state index contributed by atoms with van der Waals surface area (Å²) in [6, 6.07) is 0. The van der Waals surface area contributed by atoms with E-state index in [9.17, 15) is 4.79 Å². The third kappa shape index (κ3) is 2.96.